The Bertz CT molecular complexity index is 1110. The van der Waals surface area contributed by atoms with Gasteiger partial charge in [-0.3, -0.25) is 19.6 Å². The lowest BCUT2D eigenvalue weighted by Crippen LogP contribution is -2.21. The number of hydrogen-bond donors (Lipinski definition) is 1. The predicted molar refractivity (Wildman–Crippen MR) is 127 cm³/mol. The molecule has 3 rings (SSSR count). The molecule has 0 aliphatic heterocycles. The summed E-state index contributed by atoms with van der Waals surface area (Å²) in [5.41, 5.74) is 4.43. The van der Waals surface area contributed by atoms with E-state index in [2.05, 4.69) is 50.3 Å². The zero-order valence-corrected chi connectivity index (χ0v) is 19.3. The van der Waals surface area contributed by atoms with Gasteiger partial charge in [0.1, 0.15) is 6.20 Å². The molecule has 0 spiro atoms. The van der Waals surface area contributed by atoms with E-state index in [1.54, 1.807) is 0 Å². The van der Waals surface area contributed by atoms with E-state index in [0.29, 0.717) is 6.54 Å². The Hall–Kier alpha value is -3.53. The molecule has 1 aromatic heterocycles. The first-order valence-corrected chi connectivity index (χ1v) is 10.8. The van der Waals surface area contributed by atoms with Crippen LogP contribution in [0.1, 0.15) is 35.5 Å². The molecule has 166 valence electrons. The van der Waals surface area contributed by atoms with Crippen molar-refractivity contribution in [3.63, 3.8) is 0 Å². The summed E-state index contributed by atoms with van der Waals surface area (Å²) in [6, 6.07) is 15.2. The second kappa shape index (κ2) is 10.7. The fraction of sp³-hybridized carbons (Fsp3) is 0.227. The molecule has 0 fully saturated rings. The van der Waals surface area contributed by atoms with Crippen LogP contribution < -0.4 is 10.3 Å². The number of nitro groups is 1. The number of carbonyl (C=O) groups is 1. The lowest BCUT2D eigenvalue weighted by atomic mass is 10.2. The van der Waals surface area contributed by atoms with Crippen molar-refractivity contribution in [1.82, 2.24) is 15.2 Å². The summed E-state index contributed by atoms with van der Waals surface area (Å²) in [4.78, 5) is 25.5. The second-order valence-electron chi connectivity index (χ2n) is 6.91. The molecule has 10 heteroatoms. The lowest BCUT2D eigenvalue weighted by Gasteiger charge is -2.20. The number of anilines is 1. The van der Waals surface area contributed by atoms with Gasteiger partial charge in [-0.25, -0.2) is 5.43 Å². The highest BCUT2D eigenvalue weighted by Crippen LogP contribution is 2.19. The SMILES string of the molecule is CCN(CC)c1ccc(C=NNC(=O)c2nn(Cc3ccc(Br)cc3)cc2[N+](=O)[O-])cc1. The maximum Gasteiger partial charge on any atom is 0.320 e. The van der Waals surface area contributed by atoms with Crippen molar-refractivity contribution in [2.45, 2.75) is 20.4 Å². The van der Waals surface area contributed by atoms with Crippen molar-refractivity contribution in [2.75, 3.05) is 18.0 Å². The molecule has 0 bridgehead atoms. The maximum absolute atomic E-state index is 12.5. The molecule has 1 N–H and O–H groups in total. The molecule has 0 aliphatic rings. The minimum absolute atomic E-state index is 0.291. The van der Waals surface area contributed by atoms with Crippen molar-refractivity contribution in [3.05, 3.63) is 86.1 Å². The Kier molecular flexibility index (Phi) is 7.72. The molecule has 1 heterocycles. The number of nitrogens with zero attached hydrogens (tertiary/aromatic N) is 5. The number of benzene rings is 2. The van der Waals surface area contributed by atoms with Gasteiger partial charge in [0.05, 0.1) is 17.7 Å². The van der Waals surface area contributed by atoms with Crippen molar-refractivity contribution < 1.29 is 9.72 Å². The molecule has 0 atom stereocenters. The van der Waals surface area contributed by atoms with Gasteiger partial charge in [0.15, 0.2) is 0 Å². The molecule has 3 aromatic rings. The first-order valence-electron chi connectivity index (χ1n) is 10.1. The van der Waals surface area contributed by atoms with Crippen LogP contribution in [0.4, 0.5) is 11.4 Å². The summed E-state index contributed by atoms with van der Waals surface area (Å²) >= 11 is 3.36. The Morgan fingerprint density at radius 1 is 1.19 bits per heavy atom. The van der Waals surface area contributed by atoms with Crippen molar-refractivity contribution >= 4 is 39.4 Å². The normalized spacial score (nSPS) is 11.0. The molecule has 0 saturated heterocycles. The molecular formula is C22H23BrN6O3. The smallest absolute Gasteiger partial charge is 0.320 e. The van der Waals surface area contributed by atoms with Gasteiger partial charge in [-0.2, -0.15) is 10.2 Å². The summed E-state index contributed by atoms with van der Waals surface area (Å²) < 4.78 is 2.29. The van der Waals surface area contributed by atoms with Gasteiger partial charge >= 0.3 is 5.69 Å². The van der Waals surface area contributed by atoms with Crippen LogP contribution in [0.5, 0.6) is 0 Å². The molecule has 0 aliphatic carbocycles. The Balaban J connectivity index is 1.69. The van der Waals surface area contributed by atoms with Gasteiger partial charge < -0.3 is 4.90 Å². The zero-order chi connectivity index (χ0) is 23.1. The third-order valence-corrected chi connectivity index (χ3v) is 5.34. The van der Waals surface area contributed by atoms with E-state index in [1.807, 2.05) is 48.5 Å². The Morgan fingerprint density at radius 3 is 2.44 bits per heavy atom. The van der Waals surface area contributed by atoms with Gasteiger partial charge in [-0.05, 0) is 49.2 Å². The highest BCUT2D eigenvalue weighted by molar-refractivity contribution is 9.10. The molecule has 0 radical (unpaired) electrons. The first-order chi connectivity index (χ1) is 15.4. The van der Waals surface area contributed by atoms with Crippen LogP contribution in [0.25, 0.3) is 0 Å². The number of aromatic nitrogens is 2. The fourth-order valence-corrected chi connectivity index (χ4v) is 3.41. The summed E-state index contributed by atoms with van der Waals surface area (Å²) in [6.07, 6.45) is 2.72. The van der Waals surface area contributed by atoms with Crippen LogP contribution >= 0.6 is 15.9 Å². The highest BCUT2D eigenvalue weighted by Gasteiger charge is 2.25. The number of rotatable bonds is 9. The third-order valence-electron chi connectivity index (χ3n) is 4.81. The maximum atomic E-state index is 12.5. The topological polar surface area (TPSA) is 106 Å². The number of carbonyl (C=O) groups excluding carboxylic acids is 1. The lowest BCUT2D eigenvalue weighted by molar-refractivity contribution is -0.385. The molecule has 2 aromatic carbocycles. The Morgan fingerprint density at radius 2 is 1.84 bits per heavy atom. The van der Waals surface area contributed by atoms with E-state index in [-0.39, 0.29) is 11.4 Å². The number of amides is 1. The van der Waals surface area contributed by atoms with E-state index in [9.17, 15) is 14.9 Å². The average Bonchev–Trinajstić information content (AvgIpc) is 3.21. The van der Waals surface area contributed by atoms with Gasteiger partial charge in [-0.1, -0.05) is 40.2 Å². The van der Waals surface area contributed by atoms with Crippen LogP contribution in [0.3, 0.4) is 0 Å². The van der Waals surface area contributed by atoms with Gasteiger partial charge in [0, 0.05) is 23.2 Å². The molecular weight excluding hydrogens is 476 g/mol. The van der Waals surface area contributed by atoms with Gasteiger partial charge in [-0.15, -0.1) is 0 Å². The zero-order valence-electron chi connectivity index (χ0n) is 17.7. The van der Waals surface area contributed by atoms with Crippen LogP contribution in [-0.2, 0) is 6.54 Å². The molecule has 32 heavy (non-hydrogen) atoms. The average molecular weight is 499 g/mol. The van der Waals surface area contributed by atoms with Crippen LogP contribution in [0.2, 0.25) is 0 Å². The largest absolute Gasteiger partial charge is 0.372 e. The summed E-state index contributed by atoms with van der Waals surface area (Å²) in [7, 11) is 0. The third kappa shape index (κ3) is 5.79. The van der Waals surface area contributed by atoms with E-state index >= 15 is 0 Å². The molecule has 0 saturated carbocycles. The van der Waals surface area contributed by atoms with E-state index < -0.39 is 10.8 Å². The predicted octanol–water partition coefficient (Wildman–Crippen LogP) is 4.21. The monoisotopic (exact) mass is 498 g/mol. The minimum atomic E-state index is -0.748. The van der Waals surface area contributed by atoms with Crippen LogP contribution in [0, 0.1) is 10.1 Å². The van der Waals surface area contributed by atoms with E-state index in [0.717, 1.165) is 34.4 Å². The number of hydrazone groups is 1. The second-order valence-corrected chi connectivity index (χ2v) is 7.82. The van der Waals surface area contributed by atoms with Gasteiger partial charge in [0.2, 0.25) is 5.69 Å². The van der Waals surface area contributed by atoms with Gasteiger partial charge in [0.25, 0.3) is 5.91 Å². The Labute approximate surface area is 194 Å². The van der Waals surface area contributed by atoms with Crippen molar-refractivity contribution in [1.29, 1.82) is 0 Å². The molecule has 1 amide bonds. The number of nitrogens with one attached hydrogen (secondary N) is 1. The van der Waals surface area contributed by atoms with E-state index in [4.69, 9.17) is 0 Å². The first kappa shape index (κ1) is 23.1. The number of halogens is 1. The number of hydrogen-bond acceptors (Lipinski definition) is 6. The molecule has 9 nitrogen and oxygen atoms in total. The summed E-state index contributed by atoms with van der Waals surface area (Å²) in [5.74, 6) is -0.748. The van der Waals surface area contributed by atoms with Crippen molar-refractivity contribution in [2.24, 2.45) is 5.10 Å². The standard InChI is InChI=1S/C22H23BrN6O3/c1-3-27(4-2)19-11-7-16(8-12-19)13-24-25-22(30)21-20(29(31)32)15-28(26-21)14-17-5-9-18(23)10-6-17/h5-13,15H,3-4,14H2,1-2H3,(H,25,30). The van der Waals surface area contributed by atoms with Crippen LogP contribution in [0.15, 0.2) is 64.3 Å². The quantitative estimate of drug-likeness (QED) is 0.270. The summed E-state index contributed by atoms with van der Waals surface area (Å²) in [5, 5.41) is 19.4. The summed E-state index contributed by atoms with van der Waals surface area (Å²) in [6.45, 7) is 6.30. The van der Waals surface area contributed by atoms with Crippen molar-refractivity contribution in [3.8, 4) is 0 Å². The van der Waals surface area contributed by atoms with E-state index in [1.165, 1.54) is 17.1 Å². The molecule has 0 unspecified atom stereocenters. The highest BCUT2D eigenvalue weighted by atomic mass is 79.9. The minimum Gasteiger partial charge on any atom is -0.372 e. The fourth-order valence-electron chi connectivity index (χ4n) is 3.14. The van der Waals surface area contributed by atoms with Crippen LogP contribution in [-0.4, -0.2) is 39.9 Å².